The van der Waals surface area contributed by atoms with Gasteiger partial charge in [-0.3, -0.25) is 9.59 Å². The van der Waals surface area contributed by atoms with Crippen molar-refractivity contribution in [3.63, 3.8) is 0 Å². The van der Waals surface area contributed by atoms with Crippen molar-refractivity contribution in [2.24, 2.45) is 0 Å². The summed E-state index contributed by atoms with van der Waals surface area (Å²) in [7, 11) is 0. The van der Waals surface area contributed by atoms with E-state index >= 15 is 0 Å². The maximum absolute atomic E-state index is 13.8. The van der Waals surface area contributed by atoms with Gasteiger partial charge in [0.25, 0.3) is 0 Å². The number of para-hydroxylation sites is 4. The maximum Gasteiger partial charge on any atom is 0.197 e. The Morgan fingerprint density at radius 1 is 0.417 bits per heavy atom. The minimum Gasteiger partial charge on any atom is -0.315 e. The molecule has 0 spiro atoms. The first-order chi connectivity index (χ1) is 23.7. The number of hydrogen-bond donors (Lipinski definition) is 0. The highest BCUT2D eigenvalue weighted by Crippen LogP contribution is 2.51. The van der Waals surface area contributed by atoms with Crippen LogP contribution in [0.25, 0.3) is 67.2 Å². The Labute approximate surface area is 276 Å². The van der Waals surface area contributed by atoms with Gasteiger partial charge in [-0.25, -0.2) is 0 Å². The van der Waals surface area contributed by atoms with Crippen molar-refractivity contribution in [2.45, 2.75) is 0 Å². The van der Waals surface area contributed by atoms with E-state index in [1.54, 1.807) is 0 Å². The number of pyridine rings is 2. The quantitative estimate of drug-likeness (QED) is 0.185. The number of hydrogen-bond acceptors (Lipinski definition) is 2. The van der Waals surface area contributed by atoms with Crippen molar-refractivity contribution in [1.29, 1.82) is 0 Å². The summed E-state index contributed by atoms with van der Waals surface area (Å²) in [5.74, 6) is 0. The third-order valence-corrected chi connectivity index (χ3v) is 9.30. The molecular formula is C44H28N2O2. The normalized spacial score (nSPS) is 14.8. The third-order valence-electron chi connectivity index (χ3n) is 9.30. The van der Waals surface area contributed by atoms with E-state index < -0.39 is 0 Å². The van der Waals surface area contributed by atoms with Gasteiger partial charge in [0, 0.05) is 44.5 Å². The van der Waals surface area contributed by atoms with Crippen LogP contribution < -0.4 is 10.9 Å². The molecule has 1 aliphatic carbocycles. The van der Waals surface area contributed by atoms with Crippen molar-refractivity contribution in [3.05, 3.63) is 200 Å². The topological polar surface area (TPSA) is 44.0 Å². The summed E-state index contributed by atoms with van der Waals surface area (Å²) in [6.07, 6.45) is 4.40. The van der Waals surface area contributed by atoms with E-state index in [0.29, 0.717) is 21.5 Å². The molecule has 4 heteroatoms. The first kappa shape index (κ1) is 27.8. The summed E-state index contributed by atoms with van der Waals surface area (Å²) < 4.78 is 4.41. The van der Waals surface area contributed by atoms with E-state index in [4.69, 9.17) is 0 Å². The maximum atomic E-state index is 13.8. The fourth-order valence-corrected chi connectivity index (χ4v) is 7.12. The van der Waals surface area contributed by atoms with Crippen molar-refractivity contribution in [2.75, 3.05) is 0 Å². The molecule has 0 atom stereocenters. The Morgan fingerprint density at radius 2 is 0.833 bits per heavy atom. The highest BCUT2D eigenvalue weighted by molar-refractivity contribution is 6.20. The second kappa shape index (κ2) is 11.1. The summed E-state index contributed by atoms with van der Waals surface area (Å²) in [6, 6.07) is 52.1. The molecule has 0 radical (unpaired) electrons. The minimum absolute atomic E-state index is 0.0224. The lowest BCUT2D eigenvalue weighted by molar-refractivity contribution is 1.16. The molecule has 0 N–H and O–H groups in total. The Kier molecular flexibility index (Phi) is 6.41. The third kappa shape index (κ3) is 4.24. The van der Waals surface area contributed by atoms with E-state index in [0.717, 1.165) is 55.6 Å². The number of aromatic nitrogens is 2. The molecule has 2 heterocycles. The van der Waals surface area contributed by atoms with Crippen molar-refractivity contribution >= 4 is 67.2 Å². The van der Waals surface area contributed by atoms with Crippen LogP contribution in [0.1, 0.15) is 11.1 Å². The number of benzene rings is 6. The summed E-state index contributed by atoms with van der Waals surface area (Å²) in [5, 5.41) is 2.68. The lowest BCUT2D eigenvalue weighted by Gasteiger charge is -2.35. The number of nitrogens with zero attached hydrogens (tertiary/aromatic N) is 2. The zero-order chi connectivity index (χ0) is 32.2. The van der Waals surface area contributed by atoms with Crippen LogP contribution in [0, 0.1) is 0 Å². The molecule has 226 valence electrons. The van der Waals surface area contributed by atoms with Gasteiger partial charge in [-0.15, -0.1) is 0 Å². The van der Waals surface area contributed by atoms with Gasteiger partial charge in [0.05, 0.1) is 27.8 Å². The predicted molar refractivity (Wildman–Crippen MR) is 200 cm³/mol. The summed E-state index contributed by atoms with van der Waals surface area (Å²) in [4.78, 5) is 27.4. The van der Waals surface area contributed by atoms with Crippen molar-refractivity contribution in [1.82, 2.24) is 9.13 Å². The van der Waals surface area contributed by atoms with Gasteiger partial charge in [0.1, 0.15) is 0 Å². The molecule has 9 rings (SSSR count). The Balaban J connectivity index is 1.47. The van der Waals surface area contributed by atoms with E-state index in [-0.39, 0.29) is 10.9 Å². The molecule has 0 aliphatic heterocycles. The van der Waals surface area contributed by atoms with Crippen LogP contribution >= 0.6 is 0 Å². The standard InChI is InChI=1S/C44H28N2O2/c47-43-31-19-7-11-23-37(31)45(38-24-12-8-20-32(38)43)28-36-35(27-29-15-3-1-4-16-29)42(41(36)30-17-5-2-6-18-30)46-39-25-13-9-21-33(39)44(48)34-22-10-14-26-40(34)46/h1-28H/b35-27+,36-28-. The Morgan fingerprint density at radius 3 is 1.35 bits per heavy atom. The van der Waals surface area contributed by atoms with Crippen LogP contribution in [0.5, 0.6) is 0 Å². The highest BCUT2D eigenvalue weighted by Gasteiger charge is 2.34. The summed E-state index contributed by atoms with van der Waals surface area (Å²) >= 11 is 0. The van der Waals surface area contributed by atoms with Crippen LogP contribution in [-0.4, -0.2) is 9.13 Å². The van der Waals surface area contributed by atoms with E-state index in [2.05, 4.69) is 57.8 Å². The molecule has 0 saturated heterocycles. The first-order valence-corrected chi connectivity index (χ1v) is 16.0. The molecule has 0 unspecified atom stereocenters. The van der Waals surface area contributed by atoms with Crippen molar-refractivity contribution in [3.8, 4) is 0 Å². The molecule has 0 fully saturated rings. The summed E-state index contributed by atoms with van der Waals surface area (Å²) in [5.41, 5.74) is 9.69. The van der Waals surface area contributed by atoms with E-state index in [9.17, 15) is 9.59 Å². The molecule has 2 aromatic heterocycles. The van der Waals surface area contributed by atoms with Gasteiger partial charge in [-0.2, -0.15) is 0 Å². The van der Waals surface area contributed by atoms with Crippen LogP contribution in [0.3, 0.4) is 0 Å². The fourth-order valence-electron chi connectivity index (χ4n) is 7.12. The highest BCUT2D eigenvalue weighted by atomic mass is 16.1. The Hall–Kier alpha value is -6.52. The number of rotatable bonds is 4. The summed E-state index contributed by atoms with van der Waals surface area (Å²) in [6.45, 7) is 0. The first-order valence-electron chi connectivity index (χ1n) is 16.0. The Bertz CT molecular complexity index is 2680. The second-order valence-electron chi connectivity index (χ2n) is 12.0. The molecule has 8 aromatic rings. The van der Waals surface area contributed by atoms with Crippen LogP contribution in [0.4, 0.5) is 0 Å². The predicted octanol–water partition coefficient (Wildman–Crippen LogP) is 9.63. The molecule has 0 amide bonds. The molecule has 48 heavy (non-hydrogen) atoms. The van der Waals surface area contributed by atoms with E-state index in [1.807, 2.05) is 121 Å². The molecule has 0 saturated carbocycles. The van der Waals surface area contributed by atoms with Crippen LogP contribution in [0.2, 0.25) is 0 Å². The second-order valence-corrected chi connectivity index (χ2v) is 12.0. The zero-order valence-electron chi connectivity index (χ0n) is 25.9. The van der Waals surface area contributed by atoms with E-state index in [1.165, 1.54) is 0 Å². The largest absolute Gasteiger partial charge is 0.315 e. The van der Waals surface area contributed by atoms with Crippen molar-refractivity contribution < 1.29 is 0 Å². The zero-order valence-corrected chi connectivity index (χ0v) is 25.9. The molecule has 6 aromatic carbocycles. The monoisotopic (exact) mass is 616 g/mol. The van der Waals surface area contributed by atoms with Crippen LogP contribution in [-0.2, 0) is 0 Å². The lowest BCUT2D eigenvalue weighted by atomic mass is 9.77. The molecule has 1 aliphatic rings. The SMILES string of the molecule is O=c1c2ccccc2n(/C=C2C(c3ccccc3)=C(n3c4ccccc4c(=O)c4ccccc43)C\2=C\c2ccccc2)c2ccccc12. The van der Waals surface area contributed by atoms with Gasteiger partial charge in [-0.1, -0.05) is 109 Å². The van der Waals surface area contributed by atoms with Gasteiger partial charge in [0.2, 0.25) is 0 Å². The smallest absolute Gasteiger partial charge is 0.197 e. The minimum atomic E-state index is 0.0224. The fraction of sp³-hybridized carbons (Fsp3) is 0. The van der Waals surface area contributed by atoms with Gasteiger partial charge in [0.15, 0.2) is 10.9 Å². The number of fused-ring (bicyclic) bond motifs is 4. The average Bonchev–Trinajstić information content (AvgIpc) is 3.15. The van der Waals surface area contributed by atoms with Gasteiger partial charge < -0.3 is 9.13 Å². The lowest BCUT2D eigenvalue weighted by Crippen LogP contribution is -2.20. The van der Waals surface area contributed by atoms with Crippen LogP contribution in [0.15, 0.2) is 178 Å². The number of allylic oxidation sites excluding steroid dienone is 4. The molecular weight excluding hydrogens is 588 g/mol. The van der Waals surface area contributed by atoms with Gasteiger partial charge >= 0.3 is 0 Å². The molecule has 0 bridgehead atoms. The molecule has 4 nitrogen and oxygen atoms in total. The average molecular weight is 617 g/mol. The van der Waals surface area contributed by atoms with Gasteiger partial charge in [-0.05, 0) is 65.7 Å².